The number of rotatable bonds is 6. The second kappa shape index (κ2) is 10.3. The standard InChI is InChI=1S/C29H30N6O2S/c1-17-9-12-26(31-16-17)34-18(2)14-22(19(34)3)28-27(23-8-6-7-13-30-23)33-29(38)35(28)21-10-11-25(37-5)24(15-21)32-20(4)36/h6-16,27-28H,1-5H3,(H,32,36)(H,33,38)/t27-,28-/m1/s1. The largest absolute Gasteiger partial charge is 0.495 e. The van der Waals surface area contributed by atoms with Crippen molar-refractivity contribution in [2.75, 3.05) is 17.3 Å². The Morgan fingerprint density at radius 3 is 2.55 bits per heavy atom. The van der Waals surface area contributed by atoms with E-state index in [9.17, 15) is 4.79 Å². The highest BCUT2D eigenvalue weighted by Crippen LogP contribution is 2.45. The molecule has 0 unspecified atom stereocenters. The third-order valence-electron chi connectivity index (χ3n) is 6.78. The van der Waals surface area contributed by atoms with E-state index in [1.54, 1.807) is 13.3 Å². The molecule has 2 N–H and O–H groups in total. The average Bonchev–Trinajstić information content (AvgIpc) is 3.39. The minimum atomic E-state index is -0.207. The molecule has 0 radical (unpaired) electrons. The SMILES string of the molecule is COc1ccc(N2C(=S)N[C@H](c3ccccn3)[C@H]2c2cc(C)n(-c3ccc(C)cn3)c2C)cc1NC(C)=O. The molecule has 1 aliphatic heterocycles. The molecule has 3 aromatic heterocycles. The van der Waals surface area contributed by atoms with E-state index in [0.717, 1.165) is 39.7 Å². The van der Waals surface area contributed by atoms with Crippen LogP contribution in [0.15, 0.2) is 67.0 Å². The summed E-state index contributed by atoms with van der Waals surface area (Å²) < 4.78 is 7.65. The summed E-state index contributed by atoms with van der Waals surface area (Å²) in [5, 5.41) is 6.95. The number of thiocarbonyl (C=S) groups is 1. The predicted molar refractivity (Wildman–Crippen MR) is 153 cm³/mol. The molecule has 1 fully saturated rings. The van der Waals surface area contributed by atoms with Gasteiger partial charge >= 0.3 is 0 Å². The zero-order chi connectivity index (χ0) is 27.0. The monoisotopic (exact) mass is 526 g/mol. The smallest absolute Gasteiger partial charge is 0.221 e. The van der Waals surface area contributed by atoms with Gasteiger partial charge in [0.15, 0.2) is 5.11 Å². The number of aryl methyl sites for hydroxylation is 2. The molecule has 8 nitrogen and oxygen atoms in total. The molecule has 0 bridgehead atoms. The molecule has 1 aliphatic rings. The van der Waals surface area contributed by atoms with E-state index in [-0.39, 0.29) is 18.0 Å². The van der Waals surface area contributed by atoms with Crippen LogP contribution in [0.25, 0.3) is 5.82 Å². The molecule has 9 heteroatoms. The van der Waals surface area contributed by atoms with Gasteiger partial charge in [-0.05, 0) is 86.6 Å². The summed E-state index contributed by atoms with van der Waals surface area (Å²) >= 11 is 5.91. The lowest BCUT2D eigenvalue weighted by atomic mass is 9.96. The van der Waals surface area contributed by atoms with E-state index < -0.39 is 0 Å². The molecule has 1 amide bonds. The Kier molecular flexibility index (Phi) is 6.86. The van der Waals surface area contributed by atoms with Gasteiger partial charge in [0.1, 0.15) is 11.6 Å². The van der Waals surface area contributed by atoms with Crippen LogP contribution >= 0.6 is 12.2 Å². The van der Waals surface area contributed by atoms with Crippen molar-refractivity contribution < 1.29 is 9.53 Å². The van der Waals surface area contributed by atoms with Crippen LogP contribution < -0.4 is 20.3 Å². The van der Waals surface area contributed by atoms with Gasteiger partial charge in [-0.25, -0.2) is 4.98 Å². The maximum Gasteiger partial charge on any atom is 0.221 e. The van der Waals surface area contributed by atoms with E-state index in [2.05, 4.69) is 56.0 Å². The molecule has 0 saturated carbocycles. The van der Waals surface area contributed by atoms with Gasteiger partial charge in [-0.2, -0.15) is 0 Å². The lowest BCUT2D eigenvalue weighted by Gasteiger charge is -2.29. The summed E-state index contributed by atoms with van der Waals surface area (Å²) in [5.74, 6) is 1.26. The van der Waals surface area contributed by atoms with E-state index in [1.807, 2.05) is 55.6 Å². The van der Waals surface area contributed by atoms with Crippen LogP contribution in [0.1, 0.15) is 47.2 Å². The van der Waals surface area contributed by atoms with Gasteiger partial charge in [0.2, 0.25) is 5.91 Å². The molecular weight excluding hydrogens is 496 g/mol. The molecule has 4 aromatic rings. The van der Waals surface area contributed by atoms with Gasteiger partial charge in [-0.1, -0.05) is 12.1 Å². The van der Waals surface area contributed by atoms with Crippen LogP contribution in [-0.2, 0) is 4.79 Å². The number of carbonyl (C=O) groups is 1. The van der Waals surface area contributed by atoms with Crippen molar-refractivity contribution in [1.29, 1.82) is 0 Å². The van der Waals surface area contributed by atoms with Crippen molar-refractivity contribution in [2.24, 2.45) is 0 Å². The molecule has 194 valence electrons. The summed E-state index contributed by atoms with van der Waals surface area (Å²) in [5.41, 5.74) is 6.64. The molecule has 2 atom stereocenters. The summed E-state index contributed by atoms with van der Waals surface area (Å²) in [7, 11) is 1.58. The van der Waals surface area contributed by atoms with Crippen molar-refractivity contribution in [1.82, 2.24) is 19.9 Å². The molecule has 5 rings (SSSR count). The summed E-state index contributed by atoms with van der Waals surface area (Å²) in [6.45, 7) is 7.70. The first kappa shape index (κ1) is 25.4. The average molecular weight is 527 g/mol. The molecule has 38 heavy (non-hydrogen) atoms. The number of carbonyl (C=O) groups excluding carboxylic acids is 1. The number of amides is 1. The molecule has 1 saturated heterocycles. The zero-order valence-corrected chi connectivity index (χ0v) is 22.8. The first-order chi connectivity index (χ1) is 18.3. The van der Waals surface area contributed by atoms with E-state index in [1.165, 1.54) is 6.92 Å². The first-order valence-electron chi connectivity index (χ1n) is 12.4. The molecule has 0 aliphatic carbocycles. The summed E-state index contributed by atoms with van der Waals surface area (Å²) in [6, 6.07) is 17.5. The van der Waals surface area contributed by atoms with Crippen LogP contribution in [-0.4, -0.2) is 32.7 Å². The number of hydrogen-bond donors (Lipinski definition) is 2. The maximum atomic E-state index is 11.9. The third kappa shape index (κ3) is 4.61. The lowest BCUT2D eigenvalue weighted by molar-refractivity contribution is -0.114. The Morgan fingerprint density at radius 2 is 1.89 bits per heavy atom. The minimum Gasteiger partial charge on any atom is -0.495 e. The fraction of sp³-hybridized carbons (Fsp3) is 0.241. The summed E-state index contributed by atoms with van der Waals surface area (Å²) in [6.07, 6.45) is 3.67. The van der Waals surface area contributed by atoms with Gasteiger partial charge < -0.3 is 24.8 Å². The van der Waals surface area contributed by atoms with Crippen molar-refractivity contribution >= 4 is 34.6 Å². The normalized spacial score (nSPS) is 16.9. The number of hydrogen-bond acceptors (Lipinski definition) is 5. The number of ether oxygens (including phenoxy) is 1. The molecule has 4 heterocycles. The molecule has 1 aromatic carbocycles. The van der Waals surface area contributed by atoms with Crippen molar-refractivity contribution in [3.05, 3.63) is 95.2 Å². The second-order valence-corrected chi connectivity index (χ2v) is 9.80. The van der Waals surface area contributed by atoms with Crippen LogP contribution in [0.5, 0.6) is 5.75 Å². The van der Waals surface area contributed by atoms with Crippen molar-refractivity contribution in [3.8, 4) is 11.6 Å². The van der Waals surface area contributed by atoms with Crippen molar-refractivity contribution in [3.63, 3.8) is 0 Å². The zero-order valence-electron chi connectivity index (χ0n) is 22.0. The Balaban J connectivity index is 1.67. The van der Waals surface area contributed by atoms with Gasteiger partial charge in [0, 0.05) is 36.4 Å². The fourth-order valence-corrected chi connectivity index (χ4v) is 5.46. The Bertz CT molecular complexity index is 1500. The minimum absolute atomic E-state index is 0.181. The van der Waals surface area contributed by atoms with Crippen LogP contribution in [0, 0.1) is 20.8 Å². The number of benzene rings is 1. The highest BCUT2D eigenvalue weighted by molar-refractivity contribution is 7.80. The number of methoxy groups -OCH3 is 1. The third-order valence-corrected chi connectivity index (χ3v) is 7.10. The highest BCUT2D eigenvalue weighted by Gasteiger charge is 2.42. The van der Waals surface area contributed by atoms with Crippen LogP contribution in [0.4, 0.5) is 11.4 Å². The topological polar surface area (TPSA) is 84.3 Å². The number of pyridine rings is 2. The molecule has 0 spiro atoms. The van der Waals surface area contributed by atoms with Gasteiger partial charge in [0.05, 0.1) is 30.6 Å². The quantitative estimate of drug-likeness (QED) is 0.328. The number of anilines is 2. The highest BCUT2D eigenvalue weighted by atomic mass is 32.1. The van der Waals surface area contributed by atoms with Gasteiger partial charge in [-0.15, -0.1) is 0 Å². The van der Waals surface area contributed by atoms with Crippen LogP contribution in [0.3, 0.4) is 0 Å². The van der Waals surface area contributed by atoms with Crippen molar-refractivity contribution in [2.45, 2.75) is 39.8 Å². The van der Waals surface area contributed by atoms with E-state index >= 15 is 0 Å². The Morgan fingerprint density at radius 1 is 1.08 bits per heavy atom. The van der Waals surface area contributed by atoms with Gasteiger partial charge in [0.25, 0.3) is 0 Å². The maximum absolute atomic E-state index is 11.9. The lowest BCUT2D eigenvalue weighted by Crippen LogP contribution is -2.29. The molecular formula is C29H30N6O2S. The van der Waals surface area contributed by atoms with Gasteiger partial charge in [-0.3, -0.25) is 9.78 Å². The second-order valence-electron chi connectivity index (χ2n) is 9.42. The number of nitrogens with zero attached hydrogens (tertiary/aromatic N) is 4. The number of aromatic nitrogens is 3. The Labute approximate surface area is 227 Å². The summed E-state index contributed by atoms with van der Waals surface area (Å²) in [4.78, 5) is 23.3. The fourth-order valence-electron chi connectivity index (χ4n) is 5.11. The predicted octanol–water partition coefficient (Wildman–Crippen LogP) is 5.34. The number of nitrogens with one attached hydrogen (secondary N) is 2. The van der Waals surface area contributed by atoms with Crippen LogP contribution in [0.2, 0.25) is 0 Å². The van der Waals surface area contributed by atoms with E-state index in [0.29, 0.717) is 16.5 Å². The first-order valence-corrected chi connectivity index (χ1v) is 12.8. The van der Waals surface area contributed by atoms with E-state index in [4.69, 9.17) is 17.0 Å². The Hall–Kier alpha value is -4.24.